The van der Waals surface area contributed by atoms with Gasteiger partial charge in [0.2, 0.25) is 0 Å². The molecule has 1 aromatic heterocycles. The molecule has 30 heavy (non-hydrogen) atoms. The van der Waals surface area contributed by atoms with Crippen molar-refractivity contribution in [1.29, 1.82) is 5.26 Å². The third-order valence-electron chi connectivity index (χ3n) is 4.07. The maximum absolute atomic E-state index is 11.5. The van der Waals surface area contributed by atoms with Crippen molar-refractivity contribution >= 4 is 29.0 Å². The lowest BCUT2D eigenvalue weighted by atomic mass is 10.1. The van der Waals surface area contributed by atoms with E-state index < -0.39 is 5.97 Å². The van der Waals surface area contributed by atoms with Crippen LogP contribution in [-0.4, -0.2) is 31.3 Å². The van der Waals surface area contributed by atoms with Gasteiger partial charge in [-0.3, -0.25) is 0 Å². The van der Waals surface area contributed by atoms with Crippen LogP contribution in [0.15, 0.2) is 53.9 Å². The van der Waals surface area contributed by atoms with E-state index in [-0.39, 0.29) is 6.61 Å². The maximum Gasteiger partial charge on any atom is 0.344 e. The van der Waals surface area contributed by atoms with Gasteiger partial charge in [-0.15, -0.1) is 11.3 Å². The first-order chi connectivity index (χ1) is 14.6. The number of hydrogen-bond donors (Lipinski definition) is 0. The van der Waals surface area contributed by atoms with Gasteiger partial charge in [0.15, 0.2) is 18.1 Å². The van der Waals surface area contributed by atoms with Crippen LogP contribution in [0, 0.1) is 11.3 Å². The SMILES string of the molecule is CCOC(=O)COc1ccc(C=C(C#N)c2nc(-c3ccccc3)cs2)cc1OC. The van der Waals surface area contributed by atoms with Gasteiger partial charge in [-0.25, -0.2) is 9.78 Å². The van der Waals surface area contributed by atoms with Crippen LogP contribution in [0.4, 0.5) is 0 Å². The van der Waals surface area contributed by atoms with Crippen molar-refractivity contribution in [2.45, 2.75) is 6.92 Å². The molecule has 0 aliphatic rings. The number of hydrogen-bond acceptors (Lipinski definition) is 7. The Kier molecular flexibility index (Phi) is 7.19. The molecule has 0 amide bonds. The van der Waals surface area contributed by atoms with Crippen LogP contribution >= 0.6 is 11.3 Å². The van der Waals surface area contributed by atoms with Gasteiger partial charge in [0.05, 0.1) is 25.0 Å². The molecule has 1 heterocycles. The Balaban J connectivity index is 1.81. The van der Waals surface area contributed by atoms with Gasteiger partial charge in [0.1, 0.15) is 11.1 Å². The zero-order valence-corrected chi connectivity index (χ0v) is 17.4. The highest BCUT2D eigenvalue weighted by Crippen LogP contribution is 2.31. The Morgan fingerprint density at radius 2 is 2.00 bits per heavy atom. The number of allylic oxidation sites excluding steroid dienone is 1. The highest BCUT2D eigenvalue weighted by molar-refractivity contribution is 7.11. The predicted octanol–water partition coefficient (Wildman–Crippen LogP) is 4.82. The van der Waals surface area contributed by atoms with Crippen molar-refractivity contribution in [1.82, 2.24) is 4.98 Å². The fraction of sp³-hybridized carbons (Fsp3) is 0.174. The summed E-state index contributed by atoms with van der Waals surface area (Å²) in [6, 6.07) is 17.2. The molecular weight excluding hydrogens is 400 g/mol. The number of methoxy groups -OCH3 is 1. The highest BCUT2D eigenvalue weighted by Gasteiger charge is 2.12. The Hall–Kier alpha value is -3.63. The van der Waals surface area contributed by atoms with Crippen molar-refractivity contribution < 1.29 is 19.0 Å². The van der Waals surface area contributed by atoms with Crippen molar-refractivity contribution in [2.24, 2.45) is 0 Å². The normalized spacial score (nSPS) is 10.9. The smallest absolute Gasteiger partial charge is 0.344 e. The third kappa shape index (κ3) is 5.25. The Bertz CT molecular complexity index is 1080. The Morgan fingerprint density at radius 3 is 2.70 bits per heavy atom. The van der Waals surface area contributed by atoms with Crippen LogP contribution in [0.25, 0.3) is 22.9 Å². The molecule has 0 unspecified atom stereocenters. The van der Waals surface area contributed by atoms with E-state index in [1.165, 1.54) is 18.4 Å². The van der Waals surface area contributed by atoms with Crippen LogP contribution in [0.3, 0.4) is 0 Å². The second-order valence-electron chi connectivity index (χ2n) is 6.08. The molecule has 0 aliphatic carbocycles. The molecule has 0 atom stereocenters. The van der Waals surface area contributed by atoms with Crippen molar-refractivity contribution in [2.75, 3.05) is 20.3 Å². The van der Waals surface area contributed by atoms with E-state index in [1.54, 1.807) is 31.2 Å². The number of carbonyl (C=O) groups is 1. The molecule has 0 radical (unpaired) electrons. The van der Waals surface area contributed by atoms with Gasteiger partial charge in [-0.1, -0.05) is 36.4 Å². The number of rotatable bonds is 8. The van der Waals surface area contributed by atoms with E-state index in [0.717, 1.165) is 16.8 Å². The van der Waals surface area contributed by atoms with E-state index in [0.29, 0.717) is 28.7 Å². The quantitative estimate of drug-likeness (QED) is 0.384. The van der Waals surface area contributed by atoms with Gasteiger partial charge in [0, 0.05) is 10.9 Å². The number of thiazole rings is 1. The largest absolute Gasteiger partial charge is 0.493 e. The summed E-state index contributed by atoms with van der Waals surface area (Å²) in [4.78, 5) is 16.1. The fourth-order valence-corrected chi connectivity index (χ4v) is 3.47. The molecule has 6 nitrogen and oxygen atoms in total. The summed E-state index contributed by atoms with van der Waals surface area (Å²) in [7, 11) is 1.51. The first-order valence-corrected chi connectivity index (χ1v) is 10.1. The standard InChI is InChI=1S/C23H20N2O4S/c1-3-28-22(26)14-29-20-10-9-16(12-21(20)27-2)11-18(13-24)23-25-19(15-30-23)17-7-5-4-6-8-17/h4-12,15H,3,14H2,1-2H3. The fourth-order valence-electron chi connectivity index (χ4n) is 2.68. The first-order valence-electron chi connectivity index (χ1n) is 9.24. The Morgan fingerprint density at radius 1 is 1.20 bits per heavy atom. The zero-order chi connectivity index (χ0) is 21.3. The van der Waals surface area contributed by atoms with Gasteiger partial charge in [-0.2, -0.15) is 5.26 Å². The summed E-state index contributed by atoms with van der Waals surface area (Å²) in [5.41, 5.74) is 3.03. The number of nitriles is 1. The van der Waals surface area contributed by atoms with E-state index in [4.69, 9.17) is 14.2 Å². The molecule has 152 valence electrons. The summed E-state index contributed by atoms with van der Waals surface area (Å²) < 4.78 is 15.7. The van der Waals surface area contributed by atoms with Gasteiger partial charge < -0.3 is 14.2 Å². The lowest BCUT2D eigenvalue weighted by molar-refractivity contribution is -0.145. The topological polar surface area (TPSA) is 81.4 Å². The lowest BCUT2D eigenvalue weighted by Crippen LogP contribution is -2.14. The van der Waals surface area contributed by atoms with Crippen LogP contribution in [0.2, 0.25) is 0 Å². The zero-order valence-electron chi connectivity index (χ0n) is 16.6. The number of benzene rings is 2. The van der Waals surface area contributed by atoms with E-state index in [1.807, 2.05) is 35.7 Å². The van der Waals surface area contributed by atoms with Crippen molar-refractivity contribution in [3.63, 3.8) is 0 Å². The van der Waals surface area contributed by atoms with Crippen molar-refractivity contribution in [3.8, 4) is 28.8 Å². The Labute approximate surface area is 179 Å². The minimum absolute atomic E-state index is 0.204. The molecule has 0 saturated carbocycles. The second kappa shape index (κ2) is 10.2. The van der Waals surface area contributed by atoms with E-state index >= 15 is 0 Å². The van der Waals surface area contributed by atoms with Crippen molar-refractivity contribution in [3.05, 3.63) is 64.5 Å². The average Bonchev–Trinajstić information content (AvgIpc) is 3.27. The number of aromatic nitrogens is 1. The molecule has 0 N–H and O–H groups in total. The van der Waals surface area contributed by atoms with E-state index in [9.17, 15) is 10.1 Å². The van der Waals surface area contributed by atoms with Gasteiger partial charge in [0.25, 0.3) is 0 Å². The summed E-state index contributed by atoms with van der Waals surface area (Å²) in [5.74, 6) is 0.421. The number of carbonyl (C=O) groups excluding carboxylic acids is 1. The minimum atomic E-state index is -0.451. The monoisotopic (exact) mass is 420 g/mol. The molecule has 3 rings (SSSR count). The molecule has 0 fully saturated rings. The van der Waals surface area contributed by atoms with Gasteiger partial charge in [-0.05, 0) is 30.7 Å². The molecule has 3 aromatic rings. The summed E-state index contributed by atoms with van der Waals surface area (Å²) in [6.45, 7) is 1.82. The number of nitrogens with zero attached hydrogens (tertiary/aromatic N) is 2. The summed E-state index contributed by atoms with van der Waals surface area (Å²) in [6.07, 6.45) is 1.74. The third-order valence-corrected chi connectivity index (χ3v) is 4.95. The molecule has 2 aromatic carbocycles. The first kappa shape index (κ1) is 21.1. The van der Waals surface area contributed by atoms with Crippen LogP contribution in [0.1, 0.15) is 17.5 Å². The lowest BCUT2D eigenvalue weighted by Gasteiger charge is -2.11. The van der Waals surface area contributed by atoms with E-state index in [2.05, 4.69) is 11.1 Å². The molecule has 0 spiro atoms. The summed E-state index contributed by atoms with van der Waals surface area (Å²) in [5, 5.41) is 12.2. The highest BCUT2D eigenvalue weighted by atomic mass is 32.1. The average molecular weight is 420 g/mol. The van der Waals surface area contributed by atoms with Crippen LogP contribution in [0.5, 0.6) is 11.5 Å². The maximum atomic E-state index is 11.5. The minimum Gasteiger partial charge on any atom is -0.493 e. The number of esters is 1. The summed E-state index contributed by atoms with van der Waals surface area (Å²) >= 11 is 1.42. The molecule has 0 aliphatic heterocycles. The predicted molar refractivity (Wildman–Crippen MR) is 116 cm³/mol. The van der Waals surface area contributed by atoms with Crippen LogP contribution in [-0.2, 0) is 9.53 Å². The van der Waals surface area contributed by atoms with Crippen LogP contribution < -0.4 is 9.47 Å². The molecule has 7 heteroatoms. The molecular formula is C23H20N2O4S. The molecule has 0 saturated heterocycles. The second-order valence-corrected chi connectivity index (χ2v) is 6.94. The molecule has 0 bridgehead atoms. The van der Waals surface area contributed by atoms with Gasteiger partial charge >= 0.3 is 5.97 Å². The number of ether oxygens (including phenoxy) is 3.